The van der Waals surface area contributed by atoms with Crippen LogP contribution < -0.4 is 4.57 Å². The van der Waals surface area contributed by atoms with Gasteiger partial charge < -0.3 is 0 Å². The lowest BCUT2D eigenvalue weighted by Crippen LogP contribution is -2.30. The summed E-state index contributed by atoms with van der Waals surface area (Å²) in [6, 6.07) is 10.8. The molecule has 0 saturated carbocycles. The first-order chi connectivity index (χ1) is 8.25. The highest BCUT2D eigenvalue weighted by Crippen LogP contribution is 2.26. The van der Waals surface area contributed by atoms with E-state index in [1.54, 1.807) is 11.3 Å². The van der Waals surface area contributed by atoms with E-state index in [4.69, 9.17) is 0 Å². The molecule has 0 atom stereocenters. The van der Waals surface area contributed by atoms with Gasteiger partial charge in [0, 0.05) is 16.8 Å². The quantitative estimate of drug-likeness (QED) is 0.571. The minimum atomic E-state index is 1.28. The molecule has 2 aromatic heterocycles. The lowest BCUT2D eigenvalue weighted by molar-refractivity contribution is -0.659. The first-order valence-corrected chi connectivity index (χ1v) is 6.61. The Bertz CT molecular complexity index is 682. The number of hydrogen-bond acceptors (Lipinski definition) is 1. The van der Waals surface area contributed by atoms with Crippen LogP contribution in [-0.4, -0.2) is 0 Å². The molecule has 0 aliphatic rings. The van der Waals surface area contributed by atoms with E-state index >= 15 is 0 Å². The van der Waals surface area contributed by atoms with Gasteiger partial charge >= 0.3 is 0 Å². The highest BCUT2D eigenvalue weighted by molar-refractivity contribution is 7.08. The first-order valence-electron chi connectivity index (χ1n) is 5.67. The van der Waals surface area contributed by atoms with Crippen LogP contribution in [0.15, 0.2) is 47.3 Å². The van der Waals surface area contributed by atoms with E-state index in [-0.39, 0.29) is 0 Å². The van der Waals surface area contributed by atoms with Gasteiger partial charge in [0.15, 0.2) is 6.20 Å². The second kappa shape index (κ2) is 3.97. The molecule has 0 unspecified atom stereocenters. The van der Waals surface area contributed by atoms with Crippen LogP contribution in [0.3, 0.4) is 0 Å². The summed E-state index contributed by atoms with van der Waals surface area (Å²) in [4.78, 5) is 0. The van der Waals surface area contributed by atoms with Gasteiger partial charge in [-0.3, -0.25) is 0 Å². The Hall–Kier alpha value is -1.67. The van der Waals surface area contributed by atoms with Gasteiger partial charge in [0.25, 0.3) is 0 Å². The summed E-state index contributed by atoms with van der Waals surface area (Å²) >= 11 is 1.76. The predicted molar refractivity (Wildman–Crippen MR) is 73.2 cm³/mol. The summed E-state index contributed by atoms with van der Waals surface area (Å²) in [6.45, 7) is 2.17. The molecule has 17 heavy (non-hydrogen) atoms. The van der Waals surface area contributed by atoms with Crippen LogP contribution in [-0.2, 0) is 7.05 Å². The van der Waals surface area contributed by atoms with Gasteiger partial charge in [-0.25, -0.2) is 4.57 Å². The third-order valence-electron chi connectivity index (χ3n) is 3.13. The fourth-order valence-electron chi connectivity index (χ4n) is 2.18. The molecule has 0 aliphatic carbocycles. The first kappa shape index (κ1) is 10.5. The van der Waals surface area contributed by atoms with Crippen LogP contribution in [0.25, 0.3) is 22.0 Å². The minimum Gasteiger partial charge on any atom is -0.200 e. The van der Waals surface area contributed by atoms with E-state index in [1.165, 1.54) is 27.6 Å². The Labute approximate surface area is 105 Å². The maximum Gasteiger partial charge on any atom is 0.213 e. The molecule has 0 aliphatic heterocycles. The lowest BCUT2D eigenvalue weighted by Gasteiger charge is -2.02. The number of aromatic nitrogens is 1. The van der Waals surface area contributed by atoms with E-state index in [0.29, 0.717) is 0 Å². The van der Waals surface area contributed by atoms with Gasteiger partial charge in [-0.15, -0.1) is 0 Å². The molecule has 0 saturated heterocycles. The van der Waals surface area contributed by atoms with Crippen LogP contribution in [0.1, 0.15) is 5.56 Å². The molecule has 1 aromatic carbocycles. The Kier molecular flexibility index (Phi) is 2.45. The standard InChI is InChI=1S/C15H14NS/c1-11-9-17-10-14(11)15-7-12-5-3-4-6-13(12)8-16(15)2/h3-10H,1-2H3/q+1. The summed E-state index contributed by atoms with van der Waals surface area (Å²) in [6.07, 6.45) is 2.20. The van der Waals surface area contributed by atoms with E-state index in [0.717, 1.165) is 0 Å². The van der Waals surface area contributed by atoms with Crippen molar-refractivity contribution >= 4 is 22.1 Å². The maximum atomic E-state index is 2.27. The summed E-state index contributed by atoms with van der Waals surface area (Å²) < 4.78 is 2.21. The number of benzene rings is 1. The molecule has 2 heteroatoms. The average molecular weight is 240 g/mol. The molecule has 84 valence electrons. The fraction of sp³-hybridized carbons (Fsp3) is 0.133. The number of nitrogens with zero attached hydrogens (tertiary/aromatic N) is 1. The predicted octanol–water partition coefficient (Wildman–Crippen LogP) is 3.70. The van der Waals surface area contributed by atoms with Crippen molar-refractivity contribution in [3.63, 3.8) is 0 Å². The maximum absolute atomic E-state index is 2.27. The molecule has 3 aromatic rings. The van der Waals surface area contributed by atoms with Gasteiger partial charge in [0.1, 0.15) is 7.05 Å². The number of fused-ring (bicyclic) bond motifs is 1. The third-order valence-corrected chi connectivity index (χ3v) is 3.99. The van der Waals surface area contributed by atoms with E-state index < -0.39 is 0 Å². The zero-order valence-corrected chi connectivity index (χ0v) is 10.8. The molecule has 2 heterocycles. The van der Waals surface area contributed by atoms with Crippen LogP contribution in [0.2, 0.25) is 0 Å². The van der Waals surface area contributed by atoms with Gasteiger partial charge in [-0.1, -0.05) is 18.2 Å². The molecule has 0 bridgehead atoms. The normalized spacial score (nSPS) is 10.9. The van der Waals surface area contributed by atoms with Crippen molar-refractivity contribution in [3.05, 3.63) is 52.9 Å². The lowest BCUT2D eigenvalue weighted by atomic mass is 10.1. The third kappa shape index (κ3) is 1.75. The van der Waals surface area contributed by atoms with Crippen LogP contribution in [0.4, 0.5) is 0 Å². The minimum absolute atomic E-state index is 1.28. The van der Waals surface area contributed by atoms with Crippen LogP contribution in [0, 0.1) is 6.92 Å². The number of thiophene rings is 1. The molecular weight excluding hydrogens is 226 g/mol. The van der Waals surface area contributed by atoms with Crippen LogP contribution >= 0.6 is 11.3 Å². The highest BCUT2D eigenvalue weighted by atomic mass is 32.1. The van der Waals surface area contributed by atoms with Gasteiger partial charge in [-0.2, -0.15) is 11.3 Å². The molecule has 0 N–H and O–H groups in total. The van der Waals surface area contributed by atoms with Crippen molar-refractivity contribution in [2.24, 2.45) is 7.05 Å². The molecule has 1 nitrogen and oxygen atoms in total. The van der Waals surface area contributed by atoms with Crippen molar-refractivity contribution in [1.29, 1.82) is 0 Å². The Morgan fingerprint density at radius 3 is 2.53 bits per heavy atom. The van der Waals surface area contributed by atoms with Crippen molar-refractivity contribution in [2.75, 3.05) is 0 Å². The molecular formula is C15H14NS+. The van der Waals surface area contributed by atoms with Gasteiger partial charge in [0.05, 0.1) is 5.56 Å². The molecule has 0 radical (unpaired) electrons. The topological polar surface area (TPSA) is 3.88 Å². The van der Waals surface area contributed by atoms with Gasteiger partial charge in [-0.05, 0) is 29.3 Å². The fourth-order valence-corrected chi connectivity index (χ4v) is 3.02. The number of hydrogen-bond donors (Lipinski definition) is 0. The molecule has 0 spiro atoms. The van der Waals surface area contributed by atoms with Crippen molar-refractivity contribution in [3.8, 4) is 11.3 Å². The molecule has 0 fully saturated rings. The average Bonchev–Trinajstić information content (AvgIpc) is 2.74. The van der Waals surface area contributed by atoms with Crippen molar-refractivity contribution < 1.29 is 4.57 Å². The second-order valence-corrected chi connectivity index (χ2v) is 5.11. The highest BCUT2D eigenvalue weighted by Gasteiger charge is 2.14. The van der Waals surface area contributed by atoms with Crippen molar-refractivity contribution in [1.82, 2.24) is 0 Å². The summed E-state index contributed by atoms with van der Waals surface area (Å²) in [5.74, 6) is 0. The smallest absolute Gasteiger partial charge is 0.200 e. The number of pyridine rings is 1. The summed E-state index contributed by atoms with van der Waals surface area (Å²) in [5, 5.41) is 7.00. The zero-order chi connectivity index (χ0) is 11.8. The van der Waals surface area contributed by atoms with Crippen LogP contribution in [0.5, 0.6) is 0 Å². The summed E-state index contributed by atoms with van der Waals surface area (Å²) in [7, 11) is 2.11. The Morgan fingerprint density at radius 1 is 1.06 bits per heavy atom. The van der Waals surface area contributed by atoms with E-state index in [1.807, 2.05) is 0 Å². The Morgan fingerprint density at radius 2 is 1.82 bits per heavy atom. The summed E-state index contributed by atoms with van der Waals surface area (Å²) in [5.41, 5.74) is 3.96. The zero-order valence-electron chi connectivity index (χ0n) is 9.97. The van der Waals surface area contributed by atoms with E-state index in [9.17, 15) is 0 Å². The monoisotopic (exact) mass is 240 g/mol. The number of rotatable bonds is 1. The Balaban J connectivity index is 2.30. The molecule has 0 amide bonds. The van der Waals surface area contributed by atoms with Crippen molar-refractivity contribution in [2.45, 2.75) is 6.92 Å². The molecule has 3 rings (SSSR count). The largest absolute Gasteiger partial charge is 0.213 e. The SMILES string of the molecule is Cc1cscc1-c1cc2ccccc2c[n+]1C. The van der Waals surface area contributed by atoms with Gasteiger partial charge in [0.2, 0.25) is 5.69 Å². The van der Waals surface area contributed by atoms with E-state index in [2.05, 4.69) is 65.8 Å². The second-order valence-electron chi connectivity index (χ2n) is 4.37. The number of aryl methyl sites for hydroxylation is 2.